The number of nitrogens with zero attached hydrogens (tertiary/aromatic N) is 2. The van der Waals surface area contributed by atoms with Crippen LogP contribution in [0.25, 0.3) is 5.76 Å². The molecular formula is C17H14N2O4. The van der Waals surface area contributed by atoms with Gasteiger partial charge >= 0.3 is 0 Å². The summed E-state index contributed by atoms with van der Waals surface area (Å²) in [7, 11) is 0. The highest BCUT2D eigenvalue weighted by atomic mass is 16.6. The van der Waals surface area contributed by atoms with Gasteiger partial charge in [-0.2, -0.15) is 0 Å². The fourth-order valence-corrected chi connectivity index (χ4v) is 2.38. The van der Waals surface area contributed by atoms with E-state index in [0.717, 1.165) is 11.3 Å². The number of benzene rings is 2. The van der Waals surface area contributed by atoms with Crippen LogP contribution >= 0.6 is 0 Å². The van der Waals surface area contributed by atoms with Crippen molar-refractivity contribution in [2.45, 2.75) is 6.92 Å². The number of nitro groups is 1. The molecule has 0 saturated carbocycles. The van der Waals surface area contributed by atoms with Gasteiger partial charge in [0.15, 0.2) is 6.61 Å². The summed E-state index contributed by atoms with van der Waals surface area (Å²) in [5.41, 5.74) is 2.46. The van der Waals surface area contributed by atoms with Crippen LogP contribution in [0.5, 0.6) is 0 Å². The van der Waals surface area contributed by atoms with Crippen molar-refractivity contribution in [3.05, 3.63) is 76.0 Å². The van der Waals surface area contributed by atoms with E-state index in [1.54, 1.807) is 23.2 Å². The predicted octanol–water partition coefficient (Wildman–Crippen LogP) is 3.27. The smallest absolute Gasteiger partial charge is 0.269 e. The summed E-state index contributed by atoms with van der Waals surface area (Å²) >= 11 is 0. The Morgan fingerprint density at radius 2 is 1.83 bits per heavy atom. The van der Waals surface area contributed by atoms with Crippen LogP contribution in [0, 0.1) is 17.0 Å². The van der Waals surface area contributed by atoms with Crippen LogP contribution in [0.4, 0.5) is 11.4 Å². The lowest BCUT2D eigenvalue weighted by Gasteiger charge is -2.26. The van der Waals surface area contributed by atoms with Crippen molar-refractivity contribution in [1.82, 2.24) is 0 Å². The van der Waals surface area contributed by atoms with E-state index in [1.807, 2.05) is 31.2 Å². The highest BCUT2D eigenvalue weighted by molar-refractivity contribution is 5.99. The third kappa shape index (κ3) is 2.91. The van der Waals surface area contributed by atoms with Crippen molar-refractivity contribution in [3.63, 3.8) is 0 Å². The molecule has 6 heteroatoms. The van der Waals surface area contributed by atoms with Gasteiger partial charge in [-0.15, -0.1) is 0 Å². The highest BCUT2D eigenvalue weighted by Gasteiger charge is 2.23. The molecule has 116 valence electrons. The summed E-state index contributed by atoms with van der Waals surface area (Å²) in [5.74, 6) is 0.340. The Bertz CT molecular complexity index is 796. The summed E-state index contributed by atoms with van der Waals surface area (Å²) < 4.78 is 5.47. The summed E-state index contributed by atoms with van der Waals surface area (Å²) in [6.45, 7) is 1.86. The molecule has 0 N–H and O–H groups in total. The zero-order chi connectivity index (χ0) is 16.4. The zero-order valence-corrected chi connectivity index (χ0v) is 12.4. The molecule has 0 spiro atoms. The first kappa shape index (κ1) is 14.8. The molecule has 1 heterocycles. The molecule has 0 saturated heterocycles. The third-order valence-electron chi connectivity index (χ3n) is 3.60. The molecule has 2 aromatic rings. The number of rotatable bonds is 3. The van der Waals surface area contributed by atoms with Crippen LogP contribution in [0.3, 0.4) is 0 Å². The molecule has 0 aliphatic carbocycles. The van der Waals surface area contributed by atoms with Gasteiger partial charge in [-0.05, 0) is 30.7 Å². The second kappa shape index (κ2) is 5.92. The topological polar surface area (TPSA) is 72.7 Å². The standard InChI is InChI=1S/C17H14N2O4/c1-12-4-2-3-5-15(12)18-10-16(23-11-17(18)20)13-6-8-14(9-7-13)19(21)22/h2-10H,11H2,1H3. The fourth-order valence-electron chi connectivity index (χ4n) is 2.38. The van der Waals surface area contributed by atoms with E-state index in [2.05, 4.69) is 0 Å². The molecule has 0 bridgehead atoms. The van der Waals surface area contributed by atoms with Gasteiger partial charge in [0.05, 0.1) is 16.8 Å². The Morgan fingerprint density at radius 1 is 1.13 bits per heavy atom. The van der Waals surface area contributed by atoms with Crippen LogP contribution < -0.4 is 4.90 Å². The van der Waals surface area contributed by atoms with E-state index >= 15 is 0 Å². The lowest BCUT2D eigenvalue weighted by molar-refractivity contribution is -0.384. The Hall–Kier alpha value is -3.15. The van der Waals surface area contributed by atoms with Crippen molar-refractivity contribution < 1.29 is 14.5 Å². The molecule has 3 rings (SSSR count). The average Bonchev–Trinajstić information content (AvgIpc) is 2.56. The molecule has 1 amide bonds. The van der Waals surface area contributed by atoms with Crippen LogP contribution in [0.1, 0.15) is 11.1 Å². The minimum atomic E-state index is -0.455. The number of hydrogen-bond donors (Lipinski definition) is 0. The Kier molecular flexibility index (Phi) is 3.80. The Morgan fingerprint density at radius 3 is 2.48 bits per heavy atom. The lowest BCUT2D eigenvalue weighted by Crippen LogP contribution is -2.33. The average molecular weight is 310 g/mol. The number of aryl methyl sites for hydroxylation is 1. The van der Waals surface area contributed by atoms with Crippen LogP contribution in [-0.2, 0) is 9.53 Å². The van der Waals surface area contributed by atoms with Crippen molar-refractivity contribution in [1.29, 1.82) is 0 Å². The zero-order valence-electron chi connectivity index (χ0n) is 12.4. The van der Waals surface area contributed by atoms with Gasteiger partial charge in [0.25, 0.3) is 11.6 Å². The maximum atomic E-state index is 12.1. The van der Waals surface area contributed by atoms with E-state index in [4.69, 9.17) is 4.74 Å². The van der Waals surface area contributed by atoms with E-state index < -0.39 is 4.92 Å². The molecule has 0 unspecified atom stereocenters. The van der Waals surface area contributed by atoms with Crippen LogP contribution in [0.2, 0.25) is 0 Å². The second-order valence-electron chi connectivity index (χ2n) is 5.14. The molecule has 6 nitrogen and oxygen atoms in total. The van der Waals surface area contributed by atoms with Crippen LogP contribution in [0.15, 0.2) is 54.7 Å². The quantitative estimate of drug-likeness (QED) is 0.644. The molecule has 0 atom stereocenters. The number of carbonyl (C=O) groups is 1. The fraction of sp³-hybridized carbons (Fsp3) is 0.118. The van der Waals surface area contributed by atoms with E-state index in [-0.39, 0.29) is 18.2 Å². The minimum absolute atomic E-state index is 0.0111. The van der Waals surface area contributed by atoms with E-state index in [1.165, 1.54) is 12.1 Å². The monoisotopic (exact) mass is 310 g/mol. The number of anilines is 1. The van der Waals surface area contributed by atoms with Gasteiger partial charge in [0.2, 0.25) is 0 Å². The SMILES string of the molecule is Cc1ccccc1N1C=C(c2ccc([N+](=O)[O-])cc2)OCC1=O. The number of para-hydroxylation sites is 1. The Labute approximate surface area is 132 Å². The lowest BCUT2D eigenvalue weighted by atomic mass is 10.1. The van der Waals surface area contributed by atoms with Crippen molar-refractivity contribution in [3.8, 4) is 0 Å². The summed E-state index contributed by atoms with van der Waals surface area (Å²) in [4.78, 5) is 23.9. The number of hydrogen-bond acceptors (Lipinski definition) is 4. The first-order chi connectivity index (χ1) is 11.1. The van der Waals surface area contributed by atoms with Crippen molar-refractivity contribution in [2.75, 3.05) is 11.5 Å². The first-order valence-electron chi connectivity index (χ1n) is 7.03. The first-order valence-corrected chi connectivity index (χ1v) is 7.03. The molecular weight excluding hydrogens is 296 g/mol. The molecule has 0 aromatic heterocycles. The maximum absolute atomic E-state index is 12.1. The molecule has 1 aliphatic rings. The molecule has 1 aliphatic heterocycles. The van der Waals surface area contributed by atoms with Gasteiger partial charge in [-0.25, -0.2) is 0 Å². The number of non-ortho nitro benzene ring substituents is 1. The van der Waals surface area contributed by atoms with Gasteiger partial charge < -0.3 is 4.74 Å². The van der Waals surface area contributed by atoms with E-state index in [0.29, 0.717) is 11.3 Å². The van der Waals surface area contributed by atoms with Gasteiger partial charge in [0, 0.05) is 17.7 Å². The number of carbonyl (C=O) groups excluding carboxylic acids is 1. The van der Waals surface area contributed by atoms with E-state index in [9.17, 15) is 14.9 Å². The highest BCUT2D eigenvalue weighted by Crippen LogP contribution is 2.28. The summed E-state index contributed by atoms with van der Waals surface area (Å²) in [6, 6.07) is 13.6. The summed E-state index contributed by atoms with van der Waals surface area (Å²) in [5, 5.41) is 10.7. The molecule has 2 aromatic carbocycles. The normalized spacial score (nSPS) is 14.2. The minimum Gasteiger partial charge on any atom is -0.482 e. The number of amides is 1. The molecule has 23 heavy (non-hydrogen) atoms. The van der Waals surface area contributed by atoms with Gasteiger partial charge in [-0.3, -0.25) is 19.8 Å². The van der Waals surface area contributed by atoms with Crippen LogP contribution in [-0.4, -0.2) is 17.4 Å². The molecule has 0 fully saturated rings. The number of ether oxygens (including phenoxy) is 1. The predicted molar refractivity (Wildman–Crippen MR) is 85.7 cm³/mol. The Balaban J connectivity index is 1.97. The van der Waals surface area contributed by atoms with Gasteiger partial charge in [0.1, 0.15) is 5.76 Å². The van der Waals surface area contributed by atoms with Crippen molar-refractivity contribution in [2.24, 2.45) is 0 Å². The summed E-state index contributed by atoms with van der Waals surface area (Å²) in [6.07, 6.45) is 1.62. The second-order valence-corrected chi connectivity index (χ2v) is 5.14. The molecule has 0 radical (unpaired) electrons. The largest absolute Gasteiger partial charge is 0.482 e. The van der Waals surface area contributed by atoms with Crippen molar-refractivity contribution >= 4 is 23.0 Å². The third-order valence-corrected chi connectivity index (χ3v) is 3.60. The number of nitro benzene ring substituents is 1. The maximum Gasteiger partial charge on any atom is 0.269 e. The van der Waals surface area contributed by atoms with Gasteiger partial charge in [-0.1, -0.05) is 18.2 Å².